The molecule has 1 aromatic rings. The van der Waals surface area contributed by atoms with Crippen LogP contribution in [0.25, 0.3) is 0 Å². The first-order chi connectivity index (χ1) is 9.36. The molecule has 1 saturated heterocycles. The Kier molecular flexibility index (Phi) is 4.27. The molecule has 1 aliphatic heterocycles. The maximum atomic E-state index is 12.7. The number of nitrogens with zero attached hydrogens (tertiary/aromatic N) is 1. The van der Waals surface area contributed by atoms with Crippen molar-refractivity contribution in [1.29, 1.82) is 0 Å². The Bertz CT molecular complexity index is 585. The summed E-state index contributed by atoms with van der Waals surface area (Å²) in [6, 6.07) is 5.36. The van der Waals surface area contributed by atoms with E-state index in [9.17, 15) is 17.6 Å². The maximum absolute atomic E-state index is 12.7. The molecule has 1 fully saturated rings. The van der Waals surface area contributed by atoms with Gasteiger partial charge in [0.15, 0.2) is 16.4 Å². The molecular weight excluding hydrogens is 285 g/mol. The molecule has 20 heavy (non-hydrogen) atoms. The lowest BCUT2D eigenvalue weighted by atomic mass is 10.3. The number of carbonyl (C=O) groups is 1. The van der Waals surface area contributed by atoms with Gasteiger partial charge in [0.25, 0.3) is 5.91 Å². The molecule has 0 aromatic heterocycles. The summed E-state index contributed by atoms with van der Waals surface area (Å²) < 4.78 is 40.8. The smallest absolute Gasteiger partial charge is 0.260 e. The number of rotatable bonds is 4. The van der Waals surface area contributed by atoms with Crippen molar-refractivity contribution >= 4 is 15.7 Å². The largest absolute Gasteiger partial charge is 0.484 e. The van der Waals surface area contributed by atoms with Crippen molar-refractivity contribution in [3.63, 3.8) is 0 Å². The molecule has 1 aliphatic rings. The van der Waals surface area contributed by atoms with Gasteiger partial charge in [0.2, 0.25) is 0 Å². The first-order valence-electron chi connectivity index (χ1n) is 6.21. The van der Waals surface area contributed by atoms with Crippen molar-refractivity contribution in [2.24, 2.45) is 0 Å². The van der Waals surface area contributed by atoms with E-state index in [1.807, 2.05) is 0 Å². The number of carbonyl (C=O) groups excluding carboxylic acids is 1. The second-order valence-corrected chi connectivity index (χ2v) is 7.15. The number of hydrogen-bond donors (Lipinski definition) is 0. The Balaban J connectivity index is 1.86. The van der Waals surface area contributed by atoms with Gasteiger partial charge in [0.05, 0.1) is 5.25 Å². The first kappa shape index (κ1) is 14.8. The van der Waals surface area contributed by atoms with Gasteiger partial charge in [-0.05, 0) is 30.7 Å². The standard InChI is InChI=1S/C13H16FNO4S/c1-20(17,18)12-6-7-15(8-12)13(16)9-19-11-4-2-10(14)3-5-11/h2-5,12H,6-9H2,1H3. The predicted molar refractivity (Wildman–Crippen MR) is 71.7 cm³/mol. The van der Waals surface area contributed by atoms with Crippen LogP contribution in [-0.2, 0) is 14.6 Å². The summed E-state index contributed by atoms with van der Waals surface area (Å²) in [6.45, 7) is 0.454. The van der Waals surface area contributed by atoms with E-state index in [1.54, 1.807) is 0 Å². The summed E-state index contributed by atoms with van der Waals surface area (Å²) in [5.74, 6) is -0.238. The molecule has 5 nitrogen and oxygen atoms in total. The lowest BCUT2D eigenvalue weighted by molar-refractivity contribution is -0.132. The van der Waals surface area contributed by atoms with Crippen LogP contribution in [-0.4, -0.2) is 50.4 Å². The molecule has 2 rings (SSSR count). The van der Waals surface area contributed by atoms with Gasteiger partial charge in [-0.15, -0.1) is 0 Å². The Labute approximate surface area is 117 Å². The molecule has 1 unspecified atom stereocenters. The van der Waals surface area contributed by atoms with E-state index in [0.717, 1.165) is 0 Å². The Hall–Kier alpha value is -1.63. The lowest BCUT2D eigenvalue weighted by Crippen LogP contribution is -2.34. The molecule has 0 saturated carbocycles. The van der Waals surface area contributed by atoms with Crippen molar-refractivity contribution in [2.75, 3.05) is 26.0 Å². The van der Waals surface area contributed by atoms with E-state index in [1.165, 1.54) is 35.4 Å². The van der Waals surface area contributed by atoms with E-state index < -0.39 is 15.1 Å². The minimum absolute atomic E-state index is 0.178. The van der Waals surface area contributed by atoms with Gasteiger partial charge >= 0.3 is 0 Å². The van der Waals surface area contributed by atoms with E-state index in [-0.39, 0.29) is 24.9 Å². The molecule has 0 aliphatic carbocycles. The summed E-state index contributed by atoms with van der Waals surface area (Å²) >= 11 is 0. The minimum Gasteiger partial charge on any atom is -0.484 e. The van der Waals surface area contributed by atoms with Crippen LogP contribution >= 0.6 is 0 Å². The van der Waals surface area contributed by atoms with Gasteiger partial charge in [-0.25, -0.2) is 12.8 Å². The van der Waals surface area contributed by atoms with E-state index >= 15 is 0 Å². The fourth-order valence-electron chi connectivity index (χ4n) is 2.07. The summed E-state index contributed by atoms with van der Waals surface area (Å²) in [6.07, 6.45) is 1.64. The van der Waals surface area contributed by atoms with Crippen molar-refractivity contribution in [2.45, 2.75) is 11.7 Å². The van der Waals surface area contributed by atoms with Gasteiger partial charge < -0.3 is 9.64 Å². The second-order valence-electron chi connectivity index (χ2n) is 4.82. The van der Waals surface area contributed by atoms with Crippen LogP contribution in [0, 0.1) is 5.82 Å². The van der Waals surface area contributed by atoms with E-state index in [0.29, 0.717) is 18.7 Å². The number of benzene rings is 1. The lowest BCUT2D eigenvalue weighted by Gasteiger charge is -2.16. The zero-order chi connectivity index (χ0) is 14.8. The summed E-state index contributed by atoms with van der Waals surface area (Å²) in [5, 5.41) is -0.489. The van der Waals surface area contributed by atoms with Gasteiger partial charge in [0.1, 0.15) is 11.6 Å². The van der Waals surface area contributed by atoms with Crippen molar-refractivity contribution < 1.29 is 22.3 Å². The maximum Gasteiger partial charge on any atom is 0.260 e. The summed E-state index contributed by atoms with van der Waals surface area (Å²) in [7, 11) is -3.12. The molecule has 1 amide bonds. The quantitative estimate of drug-likeness (QED) is 0.827. The molecule has 1 aromatic carbocycles. The molecule has 110 valence electrons. The summed E-state index contributed by atoms with van der Waals surface area (Å²) in [4.78, 5) is 13.4. The Morgan fingerprint density at radius 3 is 2.60 bits per heavy atom. The van der Waals surface area contributed by atoms with Crippen LogP contribution in [0.5, 0.6) is 5.75 Å². The number of hydrogen-bond acceptors (Lipinski definition) is 4. The molecular formula is C13H16FNO4S. The van der Waals surface area contributed by atoms with Gasteiger partial charge in [-0.1, -0.05) is 0 Å². The minimum atomic E-state index is -3.12. The highest BCUT2D eigenvalue weighted by atomic mass is 32.2. The highest BCUT2D eigenvalue weighted by Crippen LogP contribution is 2.17. The monoisotopic (exact) mass is 301 g/mol. The molecule has 1 atom stereocenters. The highest BCUT2D eigenvalue weighted by Gasteiger charge is 2.32. The fourth-order valence-corrected chi connectivity index (χ4v) is 3.06. The van der Waals surface area contributed by atoms with Crippen LogP contribution in [0.3, 0.4) is 0 Å². The normalized spacial score (nSPS) is 19.1. The van der Waals surface area contributed by atoms with Crippen molar-refractivity contribution in [3.05, 3.63) is 30.1 Å². The molecule has 0 spiro atoms. The van der Waals surface area contributed by atoms with Crippen LogP contribution in [0.4, 0.5) is 4.39 Å². The Morgan fingerprint density at radius 1 is 1.40 bits per heavy atom. The third kappa shape index (κ3) is 3.69. The molecule has 0 radical (unpaired) electrons. The SMILES string of the molecule is CS(=O)(=O)C1CCN(C(=O)COc2ccc(F)cc2)C1. The van der Waals surface area contributed by atoms with Crippen molar-refractivity contribution in [3.8, 4) is 5.75 Å². The number of halogens is 1. The number of ether oxygens (including phenoxy) is 1. The second kappa shape index (κ2) is 5.78. The third-order valence-electron chi connectivity index (χ3n) is 3.28. The average molecular weight is 301 g/mol. The molecule has 1 heterocycles. The van der Waals surface area contributed by atoms with Gasteiger partial charge in [-0.2, -0.15) is 0 Å². The number of likely N-dealkylation sites (tertiary alicyclic amines) is 1. The molecule has 7 heteroatoms. The Morgan fingerprint density at radius 2 is 2.05 bits per heavy atom. The summed E-state index contributed by atoms with van der Waals surface area (Å²) in [5.41, 5.74) is 0. The van der Waals surface area contributed by atoms with Crippen molar-refractivity contribution in [1.82, 2.24) is 4.90 Å². The number of amides is 1. The van der Waals surface area contributed by atoms with E-state index in [2.05, 4.69) is 0 Å². The molecule has 0 bridgehead atoms. The van der Waals surface area contributed by atoms with Crippen LogP contribution in [0.15, 0.2) is 24.3 Å². The van der Waals surface area contributed by atoms with Crippen LogP contribution < -0.4 is 4.74 Å². The van der Waals surface area contributed by atoms with Crippen LogP contribution in [0.2, 0.25) is 0 Å². The van der Waals surface area contributed by atoms with E-state index in [4.69, 9.17) is 4.74 Å². The zero-order valence-electron chi connectivity index (χ0n) is 11.1. The fraction of sp³-hybridized carbons (Fsp3) is 0.462. The topological polar surface area (TPSA) is 63.7 Å². The predicted octanol–water partition coefficient (Wildman–Crippen LogP) is 0.850. The van der Waals surface area contributed by atoms with Gasteiger partial charge in [-0.3, -0.25) is 4.79 Å². The highest BCUT2D eigenvalue weighted by molar-refractivity contribution is 7.91. The van der Waals surface area contributed by atoms with Gasteiger partial charge in [0, 0.05) is 19.3 Å². The average Bonchev–Trinajstić information content (AvgIpc) is 2.87. The molecule has 0 N–H and O–H groups in total. The number of sulfone groups is 1. The zero-order valence-corrected chi connectivity index (χ0v) is 11.9. The first-order valence-corrected chi connectivity index (χ1v) is 8.17. The third-order valence-corrected chi connectivity index (χ3v) is 4.87. The van der Waals surface area contributed by atoms with Crippen LogP contribution in [0.1, 0.15) is 6.42 Å².